The van der Waals surface area contributed by atoms with Gasteiger partial charge in [0.2, 0.25) is 17.1 Å². The van der Waals surface area contributed by atoms with E-state index in [2.05, 4.69) is 107 Å². The number of pyridine rings is 3. The monoisotopic (exact) mass is 844 g/mol. The van der Waals surface area contributed by atoms with Crippen molar-refractivity contribution in [1.82, 2.24) is 15.0 Å². The molecule has 3 heterocycles. The van der Waals surface area contributed by atoms with E-state index >= 15 is 0 Å². The Morgan fingerprint density at radius 1 is 0.846 bits per heavy atom. The van der Waals surface area contributed by atoms with E-state index in [9.17, 15) is 21.4 Å². The van der Waals surface area contributed by atoms with Crippen LogP contribution in [0, 0.1) is 26.3 Å². The molecular weight excluding hydrogens is 803 g/mol. The van der Waals surface area contributed by atoms with Crippen molar-refractivity contribution < 1.29 is 81.4 Å². The fraction of sp³-hybridized carbons (Fsp3) is 0.353. The minimum absolute atomic E-state index is 0. The average Bonchev–Trinajstić information content (AvgIpc) is 3.08. The van der Waals surface area contributed by atoms with Crippen LogP contribution in [0.1, 0.15) is 59.0 Å². The zero-order chi connectivity index (χ0) is 39.8. The molecule has 0 aromatic carbocycles. The molecule has 3 aromatic heterocycles. The molecular formula is C34H42BBrF3KN6O4SSi. The smallest absolute Gasteiger partial charge is 0.521 e. The van der Waals surface area contributed by atoms with Crippen LogP contribution in [0.25, 0.3) is 20.6 Å². The van der Waals surface area contributed by atoms with Gasteiger partial charge < -0.3 is 11.0 Å². The number of hydrogen-bond acceptors (Lipinski definition) is 7. The molecule has 0 fully saturated rings. The third-order valence-corrected chi connectivity index (χ3v) is 13.8. The minimum Gasteiger partial charge on any atom is -0.521 e. The van der Waals surface area contributed by atoms with Gasteiger partial charge in [0.05, 0.1) is 44.0 Å². The quantitative estimate of drug-likeness (QED) is 0.0882. The summed E-state index contributed by atoms with van der Waals surface area (Å²) in [7, 11) is -9.51. The summed E-state index contributed by atoms with van der Waals surface area (Å²) in [4.78, 5) is 21.7. The van der Waals surface area contributed by atoms with Crippen molar-refractivity contribution in [1.29, 1.82) is 0 Å². The fourth-order valence-electron chi connectivity index (χ4n) is 4.77. The van der Waals surface area contributed by atoms with Gasteiger partial charge in [-0.1, -0.05) is 66.3 Å². The van der Waals surface area contributed by atoms with Gasteiger partial charge in [0.25, 0.3) is 10.1 Å². The Kier molecular flexibility index (Phi) is 29.9. The molecule has 274 valence electrons. The van der Waals surface area contributed by atoms with Crippen molar-refractivity contribution in [2.24, 2.45) is 0 Å². The molecule has 0 aliphatic rings. The second-order valence-electron chi connectivity index (χ2n) is 10.9. The molecule has 0 N–H and O–H groups in total. The molecule has 0 aliphatic carbocycles. The van der Waals surface area contributed by atoms with Crippen LogP contribution in [0.4, 0.5) is 30.0 Å². The van der Waals surface area contributed by atoms with E-state index in [4.69, 9.17) is 28.3 Å². The van der Waals surface area contributed by atoms with Crippen LogP contribution in [0.2, 0.25) is 16.6 Å². The van der Waals surface area contributed by atoms with Gasteiger partial charge in [0, 0.05) is 18.6 Å². The van der Waals surface area contributed by atoms with E-state index in [0.717, 1.165) is 16.6 Å². The normalized spacial score (nSPS) is 10.7. The Hall–Kier alpha value is -2.54. The third-order valence-electron chi connectivity index (χ3n) is 6.66. The first-order valence-electron chi connectivity index (χ1n) is 15.0. The summed E-state index contributed by atoms with van der Waals surface area (Å²) in [5.41, 5.74) is 3.89. The minimum atomic E-state index is -3.68. The largest absolute Gasteiger partial charge is 1.00 e. The predicted octanol–water partition coefficient (Wildman–Crippen LogP) is 8.00. The van der Waals surface area contributed by atoms with Crippen LogP contribution in [0.15, 0.2) is 72.7 Å². The molecule has 18 heteroatoms. The molecule has 0 saturated heterocycles. The van der Waals surface area contributed by atoms with Crippen LogP contribution in [0.5, 0.6) is 0 Å². The fourth-order valence-corrected chi connectivity index (χ4v) is 11.0. The van der Waals surface area contributed by atoms with Gasteiger partial charge in [-0.2, -0.15) is 8.42 Å². The summed E-state index contributed by atoms with van der Waals surface area (Å²) >= 11 is 3.16. The standard InChI is InChI=1S/C18H30N2O4SSi.C8H6N2.C6H3BrN2.C2H3.BF3.K/c1-13(2)26(14(3)4,15(5)6)23-12-18(24-25(8,21)22)17-10-9-16(19-7)11-20-17;1-3-7-4-5-8(9-2)6-10-7;1-8-5-2-3-6(7)9-4-5;1-2;2-1(3)4;/h9-11,13-15,18H,12H2,1-6,8H3;3-6H,1H2;2-4H;1H,2H2;;/q;;;-1;;+1/t18-;;;;;/m0...../s1. The number of nitrogens with zero attached hydrogens (tertiary/aromatic N) is 6. The van der Waals surface area contributed by atoms with Crippen molar-refractivity contribution in [2.75, 3.05) is 12.9 Å². The Labute approximate surface area is 359 Å². The van der Waals surface area contributed by atoms with Crippen molar-refractivity contribution in [3.05, 3.63) is 125 Å². The maximum Gasteiger partial charge on any atom is 1.00 e. The van der Waals surface area contributed by atoms with Gasteiger partial charge in [0.1, 0.15) is 10.7 Å². The van der Waals surface area contributed by atoms with Crippen molar-refractivity contribution in [3.63, 3.8) is 0 Å². The summed E-state index contributed by atoms with van der Waals surface area (Å²) in [6.45, 7) is 43.9. The molecule has 0 spiro atoms. The summed E-state index contributed by atoms with van der Waals surface area (Å²) in [5.74, 6) is 0. The number of aromatic nitrogens is 3. The Bertz CT molecular complexity index is 1670. The van der Waals surface area contributed by atoms with Gasteiger partial charge >= 0.3 is 58.9 Å². The molecule has 0 radical (unpaired) electrons. The molecule has 10 nitrogen and oxygen atoms in total. The van der Waals surface area contributed by atoms with Crippen LogP contribution in [-0.2, 0) is 18.7 Å². The van der Waals surface area contributed by atoms with E-state index in [1.54, 1.807) is 42.5 Å². The van der Waals surface area contributed by atoms with E-state index in [0.29, 0.717) is 39.4 Å². The van der Waals surface area contributed by atoms with Gasteiger partial charge in [0.15, 0.2) is 8.32 Å². The summed E-state index contributed by atoms with van der Waals surface area (Å²) in [6.07, 6.45) is 6.31. The van der Waals surface area contributed by atoms with Crippen molar-refractivity contribution in [3.8, 4) is 0 Å². The number of halogens is 4. The number of rotatable bonds is 10. The molecule has 3 aromatic rings. The Balaban J connectivity index is -0.000000750. The summed E-state index contributed by atoms with van der Waals surface area (Å²) < 4.78 is 64.9. The van der Waals surface area contributed by atoms with Crippen LogP contribution < -0.4 is 51.4 Å². The maximum atomic E-state index is 11.7. The molecule has 1 atom stereocenters. The first-order valence-corrected chi connectivity index (χ1v) is 19.7. The van der Waals surface area contributed by atoms with E-state index < -0.39 is 32.1 Å². The molecule has 0 saturated carbocycles. The van der Waals surface area contributed by atoms with Crippen molar-refractivity contribution >= 4 is 65.0 Å². The molecule has 52 heavy (non-hydrogen) atoms. The molecule has 0 amide bonds. The van der Waals surface area contributed by atoms with E-state index in [1.807, 2.05) is 0 Å². The van der Waals surface area contributed by atoms with Crippen molar-refractivity contribution in [2.45, 2.75) is 64.3 Å². The second kappa shape index (κ2) is 28.9. The molecule has 3 rings (SSSR count). The van der Waals surface area contributed by atoms with Crippen LogP contribution in [-0.4, -0.2) is 52.1 Å². The molecule has 0 unspecified atom stereocenters. The zero-order valence-electron chi connectivity index (χ0n) is 30.6. The number of hydrogen-bond donors (Lipinski definition) is 0. The summed E-state index contributed by atoms with van der Waals surface area (Å²) in [6, 6.07) is 10.2. The topological polar surface area (TPSA) is 104 Å². The van der Waals surface area contributed by atoms with E-state index in [1.165, 1.54) is 18.6 Å². The van der Waals surface area contributed by atoms with Gasteiger partial charge in [-0.25, -0.2) is 14.5 Å². The molecule has 0 bridgehead atoms. The van der Waals surface area contributed by atoms with Crippen LogP contribution >= 0.6 is 15.9 Å². The maximum absolute atomic E-state index is 11.7. The second-order valence-corrected chi connectivity index (χ2v) is 18.8. The van der Waals surface area contributed by atoms with Gasteiger partial charge in [-0.15, -0.1) is 0 Å². The molecule has 0 aliphatic heterocycles. The Morgan fingerprint density at radius 3 is 1.54 bits per heavy atom. The average molecular weight is 846 g/mol. The van der Waals surface area contributed by atoms with Crippen LogP contribution in [0.3, 0.4) is 0 Å². The Morgan fingerprint density at radius 2 is 1.25 bits per heavy atom. The zero-order valence-corrected chi connectivity index (χ0v) is 37.1. The predicted molar refractivity (Wildman–Crippen MR) is 204 cm³/mol. The SMILES string of the molecule is FB(F)F.[C-]#[N+]c1ccc(Br)nc1.[C-]#[N+]c1ccc(C=C)nc1.[C-]#[N+]c1ccc([C@H](CO[Si](C(C)C)(C(C)C)C(C)C)OS(C)(=O)=O)nc1.[CH-]=C.[K+]. The third kappa shape index (κ3) is 21.9. The summed E-state index contributed by atoms with van der Waals surface area (Å²) in [5, 5.41) is 0. The van der Waals surface area contributed by atoms with Gasteiger partial charge in [-0.3, -0.25) is 38.7 Å². The first kappa shape index (κ1) is 53.8. The van der Waals surface area contributed by atoms with Gasteiger partial charge in [-0.05, 0) is 56.8 Å². The first-order chi connectivity index (χ1) is 23.9. The van der Waals surface area contributed by atoms with E-state index in [-0.39, 0.29) is 58.0 Å².